The largest absolute Gasteiger partial charge is 0.280 e. The van der Waals surface area contributed by atoms with Crippen LogP contribution in [0.1, 0.15) is 25.7 Å². The van der Waals surface area contributed by atoms with E-state index in [0.717, 1.165) is 0 Å². The van der Waals surface area contributed by atoms with Gasteiger partial charge in [-0.25, -0.2) is 0 Å². The average molecular weight is 148 g/mol. The first kappa shape index (κ1) is 8.07. The zero-order chi connectivity index (χ0) is 8.10. The van der Waals surface area contributed by atoms with Gasteiger partial charge < -0.3 is 0 Å². The molecule has 58 valence electrons. The number of rotatable bonds is 2. The molecule has 0 N–H and O–H groups in total. The number of ketones is 1. The Morgan fingerprint density at radius 2 is 2.09 bits per heavy atom. The second-order valence-electron chi connectivity index (χ2n) is 2.91. The van der Waals surface area contributed by atoms with E-state index < -0.39 is 0 Å². The Hall–Kier alpha value is -1.03. The molecule has 11 heavy (non-hydrogen) atoms. The Balaban J connectivity index is 2.35. The fourth-order valence-corrected chi connectivity index (χ4v) is 1.42. The lowest BCUT2D eigenvalue weighted by molar-refractivity contribution is -0.109. The summed E-state index contributed by atoms with van der Waals surface area (Å²) in [4.78, 5) is 10.6. The van der Waals surface area contributed by atoms with Gasteiger partial charge >= 0.3 is 0 Å². The highest BCUT2D eigenvalue weighted by Crippen LogP contribution is 2.25. The van der Waals surface area contributed by atoms with E-state index in [1.54, 1.807) is 0 Å². The third kappa shape index (κ3) is 2.59. The van der Waals surface area contributed by atoms with Gasteiger partial charge in [0.15, 0.2) is 0 Å². The molecule has 0 aromatic carbocycles. The van der Waals surface area contributed by atoms with Crippen molar-refractivity contribution in [3.63, 3.8) is 0 Å². The molecule has 0 unspecified atom stereocenters. The van der Waals surface area contributed by atoms with Gasteiger partial charge in [0.1, 0.15) is 0 Å². The van der Waals surface area contributed by atoms with Gasteiger partial charge in [-0.15, -0.1) is 6.42 Å². The Labute approximate surface area is 67.5 Å². The highest BCUT2D eigenvalue weighted by molar-refractivity contribution is 6.03. The van der Waals surface area contributed by atoms with Crippen molar-refractivity contribution in [2.75, 3.05) is 0 Å². The predicted octanol–water partition coefficient (Wildman–Crippen LogP) is 1.94. The van der Waals surface area contributed by atoms with E-state index in [1.807, 2.05) is 6.08 Å². The van der Waals surface area contributed by atoms with Crippen LogP contribution in [0.25, 0.3) is 0 Å². The third-order valence-electron chi connectivity index (χ3n) is 2.06. The molecule has 0 aromatic rings. The van der Waals surface area contributed by atoms with Crippen LogP contribution in [0.3, 0.4) is 0 Å². The van der Waals surface area contributed by atoms with Gasteiger partial charge in [-0.3, -0.25) is 4.79 Å². The summed E-state index contributed by atoms with van der Waals surface area (Å²) in [5.74, 6) is 2.46. The van der Waals surface area contributed by atoms with Crippen LogP contribution < -0.4 is 0 Å². The van der Waals surface area contributed by atoms with Crippen LogP contribution in [0.4, 0.5) is 0 Å². The molecule has 0 amide bonds. The maximum atomic E-state index is 10.6. The number of carbonyl (C=O) groups excluding carboxylic acids is 1. The monoisotopic (exact) mass is 148 g/mol. The van der Waals surface area contributed by atoms with Crippen molar-refractivity contribution in [1.29, 1.82) is 0 Å². The lowest BCUT2D eigenvalue weighted by Gasteiger charge is -1.97. The highest BCUT2D eigenvalue weighted by Gasteiger charge is 2.11. The van der Waals surface area contributed by atoms with E-state index in [9.17, 15) is 4.79 Å². The minimum Gasteiger partial charge on any atom is -0.280 e. The highest BCUT2D eigenvalue weighted by atomic mass is 16.1. The summed E-state index contributed by atoms with van der Waals surface area (Å²) in [5.41, 5.74) is 0. The van der Waals surface area contributed by atoms with E-state index in [1.165, 1.54) is 31.8 Å². The molecule has 1 rings (SSSR count). The van der Waals surface area contributed by atoms with Crippen LogP contribution in [0.2, 0.25) is 0 Å². The standard InChI is InChI=1S/C10H12O/c1-2-10(11)8-7-9-5-3-4-6-9/h1,7-9H,3-6H2/b8-7+. The summed E-state index contributed by atoms with van der Waals surface area (Å²) in [6.07, 6.45) is 13.4. The fourth-order valence-electron chi connectivity index (χ4n) is 1.42. The van der Waals surface area contributed by atoms with E-state index in [-0.39, 0.29) is 5.78 Å². The van der Waals surface area contributed by atoms with E-state index in [4.69, 9.17) is 6.42 Å². The molecule has 0 heterocycles. The Morgan fingerprint density at radius 3 is 2.64 bits per heavy atom. The minimum absolute atomic E-state index is 0.211. The van der Waals surface area contributed by atoms with Gasteiger partial charge in [0, 0.05) is 0 Å². The lowest BCUT2D eigenvalue weighted by atomic mass is 10.1. The summed E-state index contributed by atoms with van der Waals surface area (Å²) >= 11 is 0. The van der Waals surface area contributed by atoms with Gasteiger partial charge in [-0.05, 0) is 30.8 Å². The first-order valence-electron chi connectivity index (χ1n) is 4.01. The Kier molecular flexibility index (Phi) is 2.92. The Morgan fingerprint density at radius 1 is 1.45 bits per heavy atom. The molecule has 0 radical (unpaired) electrons. The molecule has 0 bridgehead atoms. The smallest absolute Gasteiger partial charge is 0.228 e. The van der Waals surface area contributed by atoms with E-state index >= 15 is 0 Å². The van der Waals surface area contributed by atoms with Crippen molar-refractivity contribution in [3.8, 4) is 12.3 Å². The zero-order valence-corrected chi connectivity index (χ0v) is 6.55. The van der Waals surface area contributed by atoms with E-state index in [2.05, 4.69) is 5.92 Å². The molecule has 1 aliphatic carbocycles. The van der Waals surface area contributed by atoms with Crippen LogP contribution in [0.5, 0.6) is 0 Å². The van der Waals surface area contributed by atoms with Crippen LogP contribution in [-0.4, -0.2) is 5.78 Å². The molecule has 1 fully saturated rings. The quantitative estimate of drug-likeness (QED) is 0.332. The maximum absolute atomic E-state index is 10.6. The molecule has 0 spiro atoms. The van der Waals surface area contributed by atoms with Crippen molar-refractivity contribution < 1.29 is 4.79 Å². The first-order valence-corrected chi connectivity index (χ1v) is 4.01. The summed E-state index contributed by atoms with van der Waals surface area (Å²) in [5, 5.41) is 0. The molecule has 1 aliphatic rings. The molecule has 0 aromatic heterocycles. The summed E-state index contributed by atoms with van der Waals surface area (Å²) < 4.78 is 0. The molecule has 1 heteroatoms. The van der Waals surface area contributed by atoms with Gasteiger partial charge in [-0.2, -0.15) is 0 Å². The van der Waals surface area contributed by atoms with Crippen molar-refractivity contribution in [3.05, 3.63) is 12.2 Å². The van der Waals surface area contributed by atoms with Crippen LogP contribution >= 0.6 is 0 Å². The summed E-state index contributed by atoms with van der Waals surface area (Å²) in [6.45, 7) is 0. The Bertz CT molecular complexity index is 201. The van der Waals surface area contributed by atoms with Crippen molar-refractivity contribution >= 4 is 5.78 Å². The molecule has 0 saturated heterocycles. The zero-order valence-electron chi connectivity index (χ0n) is 6.55. The second-order valence-corrected chi connectivity index (χ2v) is 2.91. The van der Waals surface area contributed by atoms with Crippen molar-refractivity contribution in [1.82, 2.24) is 0 Å². The molecule has 0 aliphatic heterocycles. The van der Waals surface area contributed by atoms with Gasteiger partial charge in [0.25, 0.3) is 0 Å². The van der Waals surface area contributed by atoms with Gasteiger partial charge in [0.2, 0.25) is 5.78 Å². The van der Waals surface area contributed by atoms with E-state index in [0.29, 0.717) is 5.92 Å². The molecule has 1 saturated carbocycles. The number of hydrogen-bond donors (Lipinski definition) is 0. The molecule has 1 nitrogen and oxygen atoms in total. The van der Waals surface area contributed by atoms with Crippen molar-refractivity contribution in [2.24, 2.45) is 5.92 Å². The summed E-state index contributed by atoms with van der Waals surface area (Å²) in [7, 11) is 0. The van der Waals surface area contributed by atoms with Crippen LogP contribution in [-0.2, 0) is 4.79 Å². The molecular formula is C10H12O. The van der Waals surface area contributed by atoms with Gasteiger partial charge in [-0.1, -0.05) is 18.9 Å². The summed E-state index contributed by atoms with van der Waals surface area (Å²) in [6, 6.07) is 0. The van der Waals surface area contributed by atoms with Crippen molar-refractivity contribution in [2.45, 2.75) is 25.7 Å². The van der Waals surface area contributed by atoms with Crippen LogP contribution in [0, 0.1) is 18.3 Å². The molecule has 0 atom stereocenters. The maximum Gasteiger partial charge on any atom is 0.228 e. The average Bonchev–Trinajstić information content (AvgIpc) is 2.52. The fraction of sp³-hybridized carbons (Fsp3) is 0.500. The number of terminal acetylenes is 1. The number of allylic oxidation sites excluding steroid dienone is 2. The SMILES string of the molecule is C#CC(=O)/C=C/C1CCCC1. The molecular weight excluding hydrogens is 136 g/mol. The number of carbonyl (C=O) groups is 1. The van der Waals surface area contributed by atoms with Crippen LogP contribution in [0.15, 0.2) is 12.2 Å². The number of hydrogen-bond acceptors (Lipinski definition) is 1. The van der Waals surface area contributed by atoms with Gasteiger partial charge in [0.05, 0.1) is 0 Å². The normalized spacial score (nSPS) is 18.8. The minimum atomic E-state index is -0.211. The predicted molar refractivity (Wildman–Crippen MR) is 44.9 cm³/mol. The lowest BCUT2D eigenvalue weighted by Crippen LogP contribution is -1.90. The topological polar surface area (TPSA) is 17.1 Å². The first-order chi connectivity index (χ1) is 5.33. The second kappa shape index (κ2) is 3.98. The third-order valence-corrected chi connectivity index (χ3v) is 2.06.